The van der Waals surface area contributed by atoms with E-state index in [1.807, 2.05) is 4.72 Å². The summed E-state index contributed by atoms with van der Waals surface area (Å²) in [5, 5.41) is 0. The number of halogens is 3. The maximum absolute atomic E-state index is 13.1. The first-order valence-corrected chi connectivity index (χ1v) is 9.27. The Morgan fingerprint density at radius 3 is 2.36 bits per heavy atom. The van der Waals surface area contributed by atoms with Gasteiger partial charge in [-0.2, -0.15) is 13.2 Å². The first-order chi connectivity index (χ1) is 13.1. The molecule has 11 heteroatoms. The van der Waals surface area contributed by atoms with Crippen molar-refractivity contribution in [3.8, 4) is 17.1 Å². The Labute approximate surface area is 157 Å². The van der Waals surface area contributed by atoms with E-state index in [2.05, 4.69) is 9.97 Å². The third-order valence-electron chi connectivity index (χ3n) is 3.62. The molecule has 3 rings (SSSR count). The number of alkyl halides is 3. The van der Waals surface area contributed by atoms with E-state index in [4.69, 9.17) is 0 Å². The number of nitrogens with zero attached hydrogens (tertiary/aromatic N) is 3. The number of pyridine rings is 1. The highest BCUT2D eigenvalue weighted by atomic mass is 32.2. The van der Waals surface area contributed by atoms with Gasteiger partial charge in [0.15, 0.2) is 5.69 Å². The van der Waals surface area contributed by atoms with Crippen LogP contribution in [-0.2, 0) is 21.0 Å². The number of amides is 1. The van der Waals surface area contributed by atoms with E-state index < -0.39 is 27.8 Å². The van der Waals surface area contributed by atoms with Gasteiger partial charge in [0.1, 0.15) is 5.82 Å². The topological polar surface area (TPSA) is 94.0 Å². The summed E-state index contributed by atoms with van der Waals surface area (Å²) in [4.78, 5) is 18.3. The smallest absolute Gasteiger partial charge is 0.299 e. The quantitative estimate of drug-likeness (QED) is 0.714. The molecule has 0 fully saturated rings. The highest BCUT2D eigenvalue weighted by Gasteiger charge is 2.35. The second-order valence-corrected chi connectivity index (χ2v) is 7.40. The minimum Gasteiger partial charge on any atom is -0.299 e. The number of benzene rings is 1. The monoisotopic (exact) mass is 410 g/mol. The van der Waals surface area contributed by atoms with Crippen molar-refractivity contribution in [2.45, 2.75) is 18.0 Å². The Kier molecular flexibility index (Phi) is 4.94. The first-order valence-electron chi connectivity index (χ1n) is 7.79. The number of rotatable bonds is 4. The fourth-order valence-electron chi connectivity index (χ4n) is 2.45. The third-order valence-corrected chi connectivity index (χ3v) is 5.07. The zero-order chi connectivity index (χ0) is 20.5. The molecule has 0 aliphatic carbocycles. The molecule has 0 aliphatic rings. The number of hydrogen-bond donors (Lipinski definition) is 1. The van der Waals surface area contributed by atoms with Gasteiger partial charge in [0.2, 0.25) is 5.91 Å². The summed E-state index contributed by atoms with van der Waals surface area (Å²) in [6.07, 6.45) is -0.992. The lowest BCUT2D eigenvalue weighted by molar-refractivity contribution is -0.140. The lowest BCUT2D eigenvalue weighted by Gasteiger charge is -2.09. The van der Waals surface area contributed by atoms with Crippen LogP contribution in [0.5, 0.6) is 0 Å². The van der Waals surface area contributed by atoms with E-state index in [1.165, 1.54) is 41.2 Å². The van der Waals surface area contributed by atoms with Crippen LogP contribution in [0.4, 0.5) is 13.2 Å². The van der Waals surface area contributed by atoms with E-state index in [0.29, 0.717) is 5.56 Å². The number of sulfonamides is 1. The van der Waals surface area contributed by atoms with Crippen LogP contribution in [0.1, 0.15) is 12.6 Å². The summed E-state index contributed by atoms with van der Waals surface area (Å²) < 4.78 is 66.4. The molecule has 0 saturated heterocycles. The molecule has 3 aromatic rings. The number of carbonyl (C=O) groups is 1. The molecule has 1 N–H and O–H groups in total. The van der Waals surface area contributed by atoms with Gasteiger partial charge in [0.25, 0.3) is 10.0 Å². The van der Waals surface area contributed by atoms with Crippen molar-refractivity contribution in [3.63, 3.8) is 0 Å². The molecule has 146 valence electrons. The van der Waals surface area contributed by atoms with Gasteiger partial charge in [0, 0.05) is 36.8 Å². The second kappa shape index (κ2) is 7.08. The van der Waals surface area contributed by atoms with Crippen LogP contribution < -0.4 is 4.72 Å². The Morgan fingerprint density at radius 2 is 1.82 bits per heavy atom. The summed E-state index contributed by atoms with van der Waals surface area (Å²) in [5.41, 5.74) is -0.488. The molecule has 0 atom stereocenters. The van der Waals surface area contributed by atoms with Gasteiger partial charge in [0.05, 0.1) is 4.90 Å². The van der Waals surface area contributed by atoms with E-state index in [9.17, 15) is 26.4 Å². The summed E-state index contributed by atoms with van der Waals surface area (Å²) in [6.45, 7) is 1.05. The average molecular weight is 410 g/mol. The molecule has 0 radical (unpaired) electrons. The van der Waals surface area contributed by atoms with Crippen LogP contribution in [0.15, 0.2) is 59.9 Å². The predicted molar refractivity (Wildman–Crippen MR) is 92.8 cm³/mol. The van der Waals surface area contributed by atoms with Gasteiger partial charge in [-0.25, -0.2) is 18.1 Å². The van der Waals surface area contributed by atoms with E-state index >= 15 is 0 Å². The van der Waals surface area contributed by atoms with Crippen LogP contribution >= 0.6 is 0 Å². The van der Waals surface area contributed by atoms with Crippen molar-refractivity contribution in [1.82, 2.24) is 19.3 Å². The lowest BCUT2D eigenvalue weighted by Crippen LogP contribution is -2.28. The summed E-state index contributed by atoms with van der Waals surface area (Å²) in [7, 11) is -4.05. The Bertz CT molecular complexity index is 1110. The number of carbonyl (C=O) groups excluding carboxylic acids is 1. The Morgan fingerprint density at radius 1 is 1.14 bits per heavy atom. The van der Waals surface area contributed by atoms with Gasteiger partial charge in [-0.1, -0.05) is 0 Å². The van der Waals surface area contributed by atoms with E-state index in [0.717, 1.165) is 13.1 Å². The molecule has 1 amide bonds. The van der Waals surface area contributed by atoms with Gasteiger partial charge in [-0.15, -0.1) is 0 Å². The summed E-state index contributed by atoms with van der Waals surface area (Å²) in [5.74, 6) is -0.759. The molecule has 0 aliphatic heterocycles. The Hall–Kier alpha value is -3.21. The van der Waals surface area contributed by atoms with Crippen molar-refractivity contribution in [1.29, 1.82) is 0 Å². The minimum atomic E-state index is -4.66. The average Bonchev–Trinajstić information content (AvgIpc) is 3.07. The fourth-order valence-corrected chi connectivity index (χ4v) is 3.44. The lowest BCUT2D eigenvalue weighted by atomic mass is 10.2. The molecule has 2 heterocycles. The standard InChI is InChI=1S/C17H13F3N4O3S/c1-11(25)23-28(26,27)14-6-4-13(5-7-14)24-10-15(17(18,19)20)22-16(24)12-3-2-8-21-9-12/h2-10H,1H3,(H,23,25). The predicted octanol–water partition coefficient (Wildman–Crippen LogP) is 2.78. The summed E-state index contributed by atoms with van der Waals surface area (Å²) >= 11 is 0. The van der Waals surface area contributed by atoms with Gasteiger partial charge in [-0.3, -0.25) is 14.3 Å². The Balaban J connectivity index is 2.08. The van der Waals surface area contributed by atoms with E-state index in [1.54, 1.807) is 12.1 Å². The molecule has 0 spiro atoms. The number of imidazole rings is 1. The normalized spacial score (nSPS) is 12.0. The molecule has 0 saturated carbocycles. The number of aromatic nitrogens is 3. The fraction of sp³-hybridized carbons (Fsp3) is 0.118. The molecular formula is C17H13F3N4O3S. The summed E-state index contributed by atoms with van der Waals surface area (Å²) in [6, 6.07) is 8.11. The van der Waals surface area contributed by atoms with Crippen LogP contribution in [0.25, 0.3) is 17.1 Å². The first kappa shape index (κ1) is 19.5. The van der Waals surface area contributed by atoms with Crippen LogP contribution in [0.3, 0.4) is 0 Å². The van der Waals surface area contributed by atoms with Crippen molar-refractivity contribution in [2.75, 3.05) is 0 Å². The largest absolute Gasteiger partial charge is 0.434 e. The molecular weight excluding hydrogens is 397 g/mol. The van der Waals surface area contributed by atoms with Crippen molar-refractivity contribution in [3.05, 3.63) is 60.7 Å². The third kappa shape index (κ3) is 4.03. The van der Waals surface area contributed by atoms with Crippen LogP contribution in [0.2, 0.25) is 0 Å². The number of nitrogens with one attached hydrogen (secondary N) is 1. The van der Waals surface area contributed by atoms with Crippen molar-refractivity contribution in [2.24, 2.45) is 0 Å². The molecule has 0 bridgehead atoms. The highest BCUT2D eigenvalue weighted by molar-refractivity contribution is 7.90. The zero-order valence-electron chi connectivity index (χ0n) is 14.3. The van der Waals surface area contributed by atoms with Crippen LogP contribution in [-0.4, -0.2) is 28.9 Å². The second-order valence-electron chi connectivity index (χ2n) is 5.71. The van der Waals surface area contributed by atoms with E-state index in [-0.39, 0.29) is 16.4 Å². The van der Waals surface area contributed by atoms with Gasteiger partial charge in [-0.05, 0) is 36.4 Å². The zero-order valence-corrected chi connectivity index (χ0v) is 15.1. The number of hydrogen-bond acceptors (Lipinski definition) is 5. The minimum absolute atomic E-state index is 0.00195. The van der Waals surface area contributed by atoms with Crippen molar-refractivity contribution >= 4 is 15.9 Å². The molecule has 1 aromatic carbocycles. The van der Waals surface area contributed by atoms with Gasteiger partial charge >= 0.3 is 6.18 Å². The van der Waals surface area contributed by atoms with Crippen molar-refractivity contribution < 1.29 is 26.4 Å². The molecule has 7 nitrogen and oxygen atoms in total. The van der Waals surface area contributed by atoms with Gasteiger partial charge < -0.3 is 0 Å². The SMILES string of the molecule is CC(=O)NS(=O)(=O)c1ccc(-n2cc(C(F)(F)F)nc2-c2cccnc2)cc1. The molecule has 0 unspecified atom stereocenters. The maximum Gasteiger partial charge on any atom is 0.434 e. The highest BCUT2D eigenvalue weighted by Crippen LogP contribution is 2.32. The molecule has 2 aromatic heterocycles. The molecule has 28 heavy (non-hydrogen) atoms. The van der Waals surface area contributed by atoms with Crippen LogP contribution in [0, 0.1) is 0 Å². The maximum atomic E-state index is 13.1.